The van der Waals surface area contributed by atoms with Gasteiger partial charge in [-0.05, 0) is 41.7 Å². The minimum Gasteiger partial charge on any atom is -0.451 e. The van der Waals surface area contributed by atoms with Crippen molar-refractivity contribution in [2.75, 3.05) is 0 Å². The van der Waals surface area contributed by atoms with Gasteiger partial charge in [0.2, 0.25) is 0 Å². The van der Waals surface area contributed by atoms with Gasteiger partial charge in [-0.15, -0.1) is 0 Å². The first-order valence-electron chi connectivity index (χ1n) is 8.86. The Balaban J connectivity index is 1.67. The predicted molar refractivity (Wildman–Crippen MR) is 109 cm³/mol. The molecule has 3 aromatic carbocycles. The molecule has 0 fully saturated rings. The largest absolute Gasteiger partial charge is 0.451 e. The second kappa shape index (κ2) is 9.49. The summed E-state index contributed by atoms with van der Waals surface area (Å²) in [6.45, 7) is 0. The third kappa shape index (κ3) is 5.52. The molecule has 1 atom stereocenters. The van der Waals surface area contributed by atoms with Crippen LogP contribution in [0, 0.1) is 0 Å². The summed E-state index contributed by atoms with van der Waals surface area (Å²) >= 11 is 3.40. The Bertz CT molecular complexity index is 808. The summed E-state index contributed by atoms with van der Waals surface area (Å²) in [5.74, 6) is -0.607. The van der Waals surface area contributed by atoms with Crippen LogP contribution in [0.1, 0.15) is 29.2 Å². The predicted octanol–water partition coefficient (Wildman–Crippen LogP) is 5.08. The van der Waals surface area contributed by atoms with Crippen LogP contribution in [0.5, 0.6) is 0 Å². The minimum absolute atomic E-state index is 0.316. The summed E-state index contributed by atoms with van der Waals surface area (Å²) in [6, 6.07) is 27.0. The summed E-state index contributed by atoms with van der Waals surface area (Å²) in [6.07, 6.45) is -0.785. The Morgan fingerprint density at radius 1 is 0.852 bits per heavy atom. The second-order valence-corrected chi connectivity index (χ2v) is 7.23. The zero-order chi connectivity index (χ0) is 19.1. The van der Waals surface area contributed by atoms with Gasteiger partial charge in [-0.25, -0.2) is 4.79 Å². The quantitative estimate of drug-likeness (QED) is 0.538. The fourth-order valence-corrected chi connectivity index (χ4v) is 3.12. The number of benzene rings is 3. The lowest BCUT2D eigenvalue weighted by Crippen LogP contribution is -2.26. The number of hydrogen-bond acceptors (Lipinski definition) is 3. The average Bonchev–Trinajstić information content (AvgIpc) is 2.72. The second-order valence-electron chi connectivity index (χ2n) is 6.32. The van der Waals surface area contributed by atoms with E-state index in [4.69, 9.17) is 4.74 Å². The van der Waals surface area contributed by atoms with Gasteiger partial charge < -0.3 is 9.84 Å². The molecule has 0 aliphatic heterocycles. The molecule has 0 heterocycles. The van der Waals surface area contributed by atoms with E-state index < -0.39 is 18.2 Å². The molecule has 0 amide bonds. The maximum absolute atomic E-state index is 12.5. The van der Waals surface area contributed by atoms with Crippen LogP contribution in [0.25, 0.3) is 0 Å². The molecule has 1 unspecified atom stereocenters. The van der Waals surface area contributed by atoms with Crippen LogP contribution in [0.15, 0.2) is 89.4 Å². The van der Waals surface area contributed by atoms with E-state index in [1.54, 1.807) is 0 Å². The Morgan fingerprint density at radius 2 is 1.37 bits per heavy atom. The van der Waals surface area contributed by atoms with E-state index in [1.165, 1.54) is 0 Å². The van der Waals surface area contributed by atoms with Crippen molar-refractivity contribution in [3.05, 3.63) is 106 Å². The highest BCUT2D eigenvalue weighted by Crippen LogP contribution is 2.26. The minimum atomic E-state index is -1.16. The normalized spacial score (nSPS) is 12.0. The van der Waals surface area contributed by atoms with Crippen LogP contribution in [0.3, 0.4) is 0 Å². The third-order valence-electron chi connectivity index (χ3n) is 4.33. The van der Waals surface area contributed by atoms with Crippen molar-refractivity contribution >= 4 is 21.9 Å². The molecule has 0 bridgehead atoms. The van der Waals surface area contributed by atoms with Gasteiger partial charge in [0.05, 0.1) is 0 Å². The first-order valence-corrected chi connectivity index (χ1v) is 9.65. The molecule has 4 heteroatoms. The van der Waals surface area contributed by atoms with Crippen molar-refractivity contribution in [3.8, 4) is 0 Å². The van der Waals surface area contributed by atoms with Crippen molar-refractivity contribution in [3.63, 3.8) is 0 Å². The summed E-state index contributed by atoms with van der Waals surface area (Å²) in [5.41, 5.74) is 2.81. The molecule has 138 valence electrons. The monoisotopic (exact) mass is 424 g/mol. The van der Waals surface area contributed by atoms with Gasteiger partial charge in [0, 0.05) is 4.47 Å². The molecule has 0 saturated heterocycles. The van der Waals surface area contributed by atoms with Gasteiger partial charge in [-0.2, -0.15) is 0 Å². The lowest BCUT2D eigenvalue weighted by molar-refractivity contribution is -0.157. The Labute approximate surface area is 167 Å². The first-order chi connectivity index (χ1) is 13.1. The van der Waals surface area contributed by atoms with Crippen molar-refractivity contribution in [2.24, 2.45) is 0 Å². The highest BCUT2D eigenvalue weighted by Gasteiger charge is 2.23. The number of aryl methyl sites for hydroxylation is 1. The van der Waals surface area contributed by atoms with Crippen LogP contribution in [0.4, 0.5) is 0 Å². The number of carbonyl (C=O) groups is 1. The highest BCUT2D eigenvalue weighted by molar-refractivity contribution is 9.10. The molecule has 0 spiro atoms. The third-order valence-corrected chi connectivity index (χ3v) is 4.86. The van der Waals surface area contributed by atoms with E-state index >= 15 is 0 Å². The Kier molecular flexibility index (Phi) is 6.80. The molecule has 0 aliphatic rings. The van der Waals surface area contributed by atoms with Crippen molar-refractivity contribution in [1.29, 1.82) is 0 Å². The van der Waals surface area contributed by atoms with Gasteiger partial charge in [-0.1, -0.05) is 88.7 Å². The van der Waals surface area contributed by atoms with Crippen LogP contribution < -0.4 is 0 Å². The van der Waals surface area contributed by atoms with Gasteiger partial charge >= 0.3 is 5.97 Å². The average molecular weight is 425 g/mol. The molecule has 3 aromatic rings. The number of ether oxygens (including phenoxy) is 1. The fraction of sp³-hybridized carbons (Fsp3) is 0.174. The lowest BCUT2D eigenvalue weighted by Gasteiger charge is -2.20. The van der Waals surface area contributed by atoms with Crippen LogP contribution in [-0.2, 0) is 16.0 Å². The van der Waals surface area contributed by atoms with E-state index in [0.29, 0.717) is 12.8 Å². The number of hydrogen-bond donors (Lipinski definition) is 1. The standard InChI is InChI=1S/C23H21BrO3/c24-20-14-11-17(12-15-20)13-16-21(25)23(26)27-22(18-7-3-1-4-8-18)19-9-5-2-6-10-19/h1-12,14-15,21-22,25H,13,16H2. The topological polar surface area (TPSA) is 46.5 Å². The zero-order valence-corrected chi connectivity index (χ0v) is 16.4. The Hall–Kier alpha value is -2.43. The van der Waals surface area contributed by atoms with E-state index in [2.05, 4.69) is 15.9 Å². The van der Waals surface area contributed by atoms with Crippen molar-refractivity contribution in [1.82, 2.24) is 0 Å². The molecule has 27 heavy (non-hydrogen) atoms. The van der Waals surface area contributed by atoms with Crippen LogP contribution in [-0.4, -0.2) is 17.2 Å². The van der Waals surface area contributed by atoms with E-state index in [1.807, 2.05) is 84.9 Å². The van der Waals surface area contributed by atoms with E-state index in [0.717, 1.165) is 21.2 Å². The molecular weight excluding hydrogens is 404 g/mol. The number of esters is 1. The first kappa shape index (κ1) is 19.3. The van der Waals surface area contributed by atoms with Gasteiger partial charge in [0.25, 0.3) is 0 Å². The zero-order valence-electron chi connectivity index (χ0n) is 14.8. The highest BCUT2D eigenvalue weighted by atomic mass is 79.9. The summed E-state index contributed by atoms with van der Waals surface area (Å²) < 4.78 is 6.70. The van der Waals surface area contributed by atoms with Gasteiger partial charge in [-0.3, -0.25) is 0 Å². The molecule has 3 rings (SSSR count). The number of rotatable bonds is 7. The maximum atomic E-state index is 12.5. The van der Waals surface area contributed by atoms with Crippen LogP contribution >= 0.6 is 15.9 Å². The summed E-state index contributed by atoms with van der Waals surface area (Å²) in [7, 11) is 0. The number of aliphatic hydroxyl groups excluding tert-OH is 1. The number of aliphatic hydroxyl groups is 1. The smallest absolute Gasteiger partial charge is 0.335 e. The molecule has 0 aromatic heterocycles. The number of carbonyl (C=O) groups excluding carboxylic acids is 1. The fourth-order valence-electron chi connectivity index (χ4n) is 2.85. The van der Waals surface area contributed by atoms with E-state index in [-0.39, 0.29) is 0 Å². The van der Waals surface area contributed by atoms with Gasteiger partial charge in [0.15, 0.2) is 12.2 Å². The summed E-state index contributed by atoms with van der Waals surface area (Å²) in [5, 5.41) is 10.3. The van der Waals surface area contributed by atoms with Crippen LogP contribution in [0.2, 0.25) is 0 Å². The number of halogens is 1. The Morgan fingerprint density at radius 3 is 1.89 bits per heavy atom. The molecule has 3 nitrogen and oxygen atoms in total. The van der Waals surface area contributed by atoms with E-state index in [9.17, 15) is 9.90 Å². The van der Waals surface area contributed by atoms with Crippen molar-refractivity contribution in [2.45, 2.75) is 25.0 Å². The molecule has 0 radical (unpaired) electrons. The maximum Gasteiger partial charge on any atom is 0.335 e. The van der Waals surface area contributed by atoms with Gasteiger partial charge in [0.1, 0.15) is 0 Å². The lowest BCUT2D eigenvalue weighted by atomic mass is 10.0. The van der Waals surface area contributed by atoms with Crippen molar-refractivity contribution < 1.29 is 14.6 Å². The molecule has 0 aliphatic carbocycles. The molecule has 0 saturated carbocycles. The molecular formula is C23H21BrO3. The molecule has 1 N–H and O–H groups in total. The SMILES string of the molecule is O=C(OC(c1ccccc1)c1ccccc1)C(O)CCc1ccc(Br)cc1. The summed E-state index contributed by atoms with van der Waals surface area (Å²) in [4.78, 5) is 12.5.